The van der Waals surface area contributed by atoms with Gasteiger partial charge in [-0.05, 0) is 37.5 Å². The maximum absolute atomic E-state index is 13.1. The molecule has 6 amide bonds. The van der Waals surface area contributed by atoms with Crippen LogP contribution in [0.4, 0.5) is 0 Å². The van der Waals surface area contributed by atoms with Crippen LogP contribution in [0.2, 0.25) is 0 Å². The average Bonchev–Trinajstić information content (AvgIpc) is 3.55. The van der Waals surface area contributed by atoms with Crippen molar-refractivity contribution in [3.05, 3.63) is 29.8 Å². The van der Waals surface area contributed by atoms with Gasteiger partial charge in [-0.1, -0.05) is 12.1 Å². The van der Waals surface area contributed by atoms with Crippen molar-refractivity contribution >= 4 is 41.4 Å². The summed E-state index contributed by atoms with van der Waals surface area (Å²) in [5, 5.41) is 58.5. The van der Waals surface area contributed by atoms with Crippen molar-refractivity contribution < 1.29 is 59.1 Å². The van der Waals surface area contributed by atoms with Crippen LogP contribution in [0.1, 0.15) is 25.3 Å². The number of nitrogens with zero attached hydrogens (tertiary/aromatic N) is 1. The number of nitrogens with one attached hydrogen (secondary N) is 5. The Kier molecular flexibility index (Phi) is 15.0. The molecule has 1 aromatic rings. The van der Waals surface area contributed by atoms with E-state index in [1.54, 1.807) is 0 Å². The minimum absolute atomic E-state index is 0.0729. The number of carboxylic acid groups (broad SMARTS) is 1. The van der Waals surface area contributed by atoms with Crippen LogP contribution in [0, 0.1) is 0 Å². The van der Waals surface area contributed by atoms with E-state index in [-0.39, 0.29) is 25.1 Å². The van der Waals surface area contributed by atoms with E-state index in [4.69, 9.17) is 10.8 Å². The highest BCUT2D eigenvalue weighted by molar-refractivity contribution is 5.96. The predicted octanol–water partition coefficient (Wildman–Crippen LogP) is -5.61. The molecule has 1 heterocycles. The topological polar surface area (TPSA) is 310 Å². The molecule has 2 rings (SSSR count). The van der Waals surface area contributed by atoms with Gasteiger partial charge in [0.25, 0.3) is 0 Å². The Labute approximate surface area is 268 Å². The van der Waals surface area contributed by atoms with Crippen LogP contribution in [-0.2, 0) is 40.0 Å². The largest absolute Gasteiger partial charge is 0.508 e. The number of hydrogen-bond acceptors (Lipinski definition) is 12. The number of rotatable bonds is 17. The molecular formula is C28H41N7O12. The fourth-order valence-corrected chi connectivity index (χ4v) is 4.55. The van der Waals surface area contributed by atoms with E-state index < -0.39 is 104 Å². The summed E-state index contributed by atoms with van der Waals surface area (Å²) < 4.78 is 0. The molecule has 0 aromatic heterocycles. The van der Waals surface area contributed by atoms with Gasteiger partial charge in [0, 0.05) is 13.0 Å². The van der Waals surface area contributed by atoms with E-state index in [0.29, 0.717) is 12.0 Å². The maximum Gasteiger partial charge on any atom is 0.326 e. The summed E-state index contributed by atoms with van der Waals surface area (Å²) in [6.45, 7) is -1.71. The number of likely N-dealkylation sites (tertiary alicyclic amines) is 1. The second-order valence-electron chi connectivity index (χ2n) is 10.7. The number of hydrogen-bond donors (Lipinski definition) is 11. The highest BCUT2D eigenvalue weighted by Gasteiger charge is 2.36. The van der Waals surface area contributed by atoms with Gasteiger partial charge in [-0.2, -0.15) is 0 Å². The number of phenolic OH excluding ortho intramolecular Hbond substituents is 1. The Morgan fingerprint density at radius 3 is 1.91 bits per heavy atom. The number of amides is 6. The van der Waals surface area contributed by atoms with Gasteiger partial charge in [-0.15, -0.1) is 0 Å². The fourth-order valence-electron chi connectivity index (χ4n) is 4.55. The van der Waals surface area contributed by atoms with Gasteiger partial charge < -0.3 is 62.8 Å². The van der Waals surface area contributed by atoms with Crippen LogP contribution < -0.4 is 32.3 Å². The molecule has 1 fully saturated rings. The fraction of sp³-hybridized carbons (Fsp3) is 0.536. The Morgan fingerprint density at radius 1 is 0.830 bits per heavy atom. The standard InChI is InChI=1S/C28H41N7O12/c1-14(27(45)35-8-2-3-21(35)28(46)47)31-22(40)10-30-24(42)18(9-15-4-6-16(39)7-5-15)32-25(43)20(13-38)34-26(44)19(12-37)33-23(41)17(29)11-36/h4-7,14,17-21,36-39H,2-3,8-13,29H2,1H3,(H,30,42)(H,31,40)(H,32,43)(H,33,41)(H,34,44)(H,46,47)/t14-,17-,18-,19-,20-,21-/m0/s1. The molecular weight excluding hydrogens is 626 g/mol. The van der Waals surface area contributed by atoms with Gasteiger partial charge in [-0.3, -0.25) is 28.8 Å². The molecule has 260 valence electrons. The second kappa shape index (κ2) is 18.3. The van der Waals surface area contributed by atoms with Crippen molar-refractivity contribution in [3.63, 3.8) is 0 Å². The van der Waals surface area contributed by atoms with Crippen LogP contribution in [0.5, 0.6) is 5.75 Å². The number of aliphatic hydroxyl groups excluding tert-OH is 3. The number of carboxylic acids is 1. The molecule has 0 aliphatic carbocycles. The number of phenols is 1. The maximum atomic E-state index is 13.1. The third-order valence-electron chi connectivity index (χ3n) is 7.17. The zero-order valence-corrected chi connectivity index (χ0v) is 25.5. The lowest BCUT2D eigenvalue weighted by atomic mass is 10.0. The van der Waals surface area contributed by atoms with E-state index in [0.717, 1.165) is 4.90 Å². The summed E-state index contributed by atoms with van der Waals surface area (Å²) in [4.78, 5) is 88.5. The van der Waals surface area contributed by atoms with Crippen LogP contribution in [0.15, 0.2) is 24.3 Å². The number of benzene rings is 1. The second-order valence-corrected chi connectivity index (χ2v) is 10.7. The number of aromatic hydroxyl groups is 1. The van der Waals surface area contributed by atoms with Gasteiger partial charge in [0.2, 0.25) is 35.4 Å². The predicted molar refractivity (Wildman–Crippen MR) is 160 cm³/mol. The third-order valence-corrected chi connectivity index (χ3v) is 7.17. The molecule has 0 radical (unpaired) electrons. The van der Waals surface area contributed by atoms with Crippen molar-refractivity contribution in [2.24, 2.45) is 5.73 Å². The van der Waals surface area contributed by atoms with Crippen molar-refractivity contribution in [2.45, 2.75) is 62.4 Å². The van der Waals surface area contributed by atoms with Gasteiger partial charge in [0.15, 0.2) is 0 Å². The zero-order valence-electron chi connectivity index (χ0n) is 25.5. The third kappa shape index (κ3) is 11.5. The number of aliphatic hydroxyl groups is 3. The van der Waals surface area contributed by atoms with E-state index >= 15 is 0 Å². The molecule has 6 atom stereocenters. The summed E-state index contributed by atoms with van der Waals surface area (Å²) in [6.07, 6.45) is 0.595. The Balaban J connectivity index is 2.08. The van der Waals surface area contributed by atoms with Crippen molar-refractivity contribution in [1.29, 1.82) is 0 Å². The molecule has 1 aliphatic rings. The Bertz CT molecular complexity index is 1290. The minimum Gasteiger partial charge on any atom is -0.508 e. The number of nitrogens with two attached hydrogens (primary N) is 1. The first kappa shape index (κ1) is 38.3. The van der Waals surface area contributed by atoms with Gasteiger partial charge in [-0.25, -0.2) is 4.79 Å². The van der Waals surface area contributed by atoms with Crippen molar-refractivity contribution in [2.75, 3.05) is 32.9 Å². The number of aliphatic carboxylic acids is 1. The minimum atomic E-state index is -1.68. The first-order valence-corrected chi connectivity index (χ1v) is 14.6. The molecule has 1 aliphatic heterocycles. The lowest BCUT2D eigenvalue weighted by Gasteiger charge is -2.25. The molecule has 0 spiro atoms. The van der Waals surface area contributed by atoms with E-state index in [1.807, 2.05) is 0 Å². The zero-order chi connectivity index (χ0) is 35.3. The van der Waals surface area contributed by atoms with Gasteiger partial charge >= 0.3 is 5.97 Å². The summed E-state index contributed by atoms with van der Waals surface area (Å²) in [7, 11) is 0. The molecule has 0 saturated carbocycles. The molecule has 0 bridgehead atoms. The van der Waals surface area contributed by atoms with Crippen LogP contribution >= 0.6 is 0 Å². The highest BCUT2D eigenvalue weighted by atomic mass is 16.4. The number of carbonyl (C=O) groups is 7. The number of carbonyl (C=O) groups excluding carboxylic acids is 6. The summed E-state index contributed by atoms with van der Waals surface area (Å²) in [5.74, 6) is -6.64. The lowest BCUT2D eigenvalue weighted by molar-refractivity contribution is -0.149. The quantitative estimate of drug-likeness (QED) is 0.0739. The molecule has 1 aromatic carbocycles. The van der Waals surface area contributed by atoms with Crippen LogP contribution in [0.3, 0.4) is 0 Å². The van der Waals surface area contributed by atoms with E-state index in [1.165, 1.54) is 31.2 Å². The average molecular weight is 668 g/mol. The van der Waals surface area contributed by atoms with E-state index in [9.17, 15) is 54.0 Å². The summed E-state index contributed by atoms with van der Waals surface area (Å²) in [5.41, 5.74) is 5.83. The molecule has 1 saturated heterocycles. The first-order valence-electron chi connectivity index (χ1n) is 14.6. The SMILES string of the molecule is C[C@H](NC(=O)CNC(=O)[C@H](Cc1ccc(O)cc1)NC(=O)[C@H](CO)NC(=O)[C@H](CO)NC(=O)[C@@H](N)CO)C(=O)N1CCC[C@H]1C(=O)O. The van der Waals surface area contributed by atoms with Gasteiger partial charge in [0.05, 0.1) is 26.4 Å². The summed E-state index contributed by atoms with van der Waals surface area (Å²) >= 11 is 0. The normalized spacial score (nSPS) is 17.3. The molecule has 19 nitrogen and oxygen atoms in total. The Hall–Kier alpha value is -4.85. The lowest BCUT2D eigenvalue weighted by Crippen LogP contribution is -2.60. The molecule has 19 heteroatoms. The van der Waals surface area contributed by atoms with Crippen molar-refractivity contribution in [1.82, 2.24) is 31.5 Å². The van der Waals surface area contributed by atoms with Crippen LogP contribution in [0.25, 0.3) is 0 Å². The molecule has 12 N–H and O–H groups in total. The molecule has 47 heavy (non-hydrogen) atoms. The van der Waals surface area contributed by atoms with Crippen LogP contribution in [-0.4, -0.2) is 141 Å². The smallest absolute Gasteiger partial charge is 0.326 e. The monoisotopic (exact) mass is 667 g/mol. The van der Waals surface area contributed by atoms with E-state index in [2.05, 4.69) is 26.6 Å². The highest BCUT2D eigenvalue weighted by Crippen LogP contribution is 2.18. The van der Waals surface area contributed by atoms with Crippen molar-refractivity contribution in [3.8, 4) is 5.75 Å². The first-order chi connectivity index (χ1) is 22.2. The summed E-state index contributed by atoms with van der Waals surface area (Å²) in [6, 6.07) is -2.61. The molecule has 0 unspecified atom stereocenters. The Morgan fingerprint density at radius 2 is 1.38 bits per heavy atom. The van der Waals surface area contributed by atoms with Gasteiger partial charge in [0.1, 0.15) is 42.0 Å².